The zero-order valence-corrected chi connectivity index (χ0v) is 10.9. The van der Waals surface area contributed by atoms with Gasteiger partial charge in [-0.05, 0) is 12.1 Å². The minimum absolute atomic E-state index is 0.0205. The maximum absolute atomic E-state index is 11.0. The van der Waals surface area contributed by atoms with Crippen molar-refractivity contribution in [2.45, 2.75) is 0 Å². The Bertz CT molecular complexity index is 619. The number of imidazole rings is 1. The van der Waals surface area contributed by atoms with Crippen LogP contribution in [0.2, 0.25) is 0 Å². The number of methoxy groups -OCH3 is 2. The van der Waals surface area contributed by atoms with Gasteiger partial charge < -0.3 is 19.1 Å². The van der Waals surface area contributed by atoms with E-state index in [1.165, 1.54) is 4.57 Å². The fourth-order valence-electron chi connectivity index (χ4n) is 1.80. The molecule has 1 aromatic heterocycles. The van der Waals surface area contributed by atoms with Crippen molar-refractivity contribution in [3.63, 3.8) is 0 Å². The Hall–Kier alpha value is -2.50. The lowest BCUT2D eigenvalue weighted by molar-refractivity contribution is 0.0680. The Balaban J connectivity index is 2.52. The van der Waals surface area contributed by atoms with Gasteiger partial charge in [-0.2, -0.15) is 0 Å². The van der Waals surface area contributed by atoms with Crippen molar-refractivity contribution in [2.75, 3.05) is 14.2 Å². The molecule has 0 aliphatic rings. The van der Waals surface area contributed by atoms with E-state index in [0.717, 1.165) is 0 Å². The number of carbonyl (C=O) groups is 1. The van der Waals surface area contributed by atoms with Gasteiger partial charge in [0.15, 0.2) is 0 Å². The van der Waals surface area contributed by atoms with E-state index in [2.05, 4.69) is 4.98 Å². The smallest absolute Gasteiger partial charge is 0.372 e. The van der Waals surface area contributed by atoms with Crippen LogP contribution in [0.25, 0.3) is 11.3 Å². The third-order valence-electron chi connectivity index (χ3n) is 2.75. The van der Waals surface area contributed by atoms with E-state index in [1.807, 2.05) is 0 Å². The summed E-state index contributed by atoms with van der Waals surface area (Å²) in [6.07, 6.45) is 1.65. The Morgan fingerprint density at radius 1 is 1.32 bits per heavy atom. The first kappa shape index (κ1) is 12.9. The van der Waals surface area contributed by atoms with Gasteiger partial charge in [-0.15, -0.1) is 0 Å². The Labute approximate surface area is 110 Å². The third kappa shape index (κ3) is 2.37. The Morgan fingerprint density at radius 2 is 2.05 bits per heavy atom. The maximum Gasteiger partial charge on any atom is 0.372 e. The van der Waals surface area contributed by atoms with Gasteiger partial charge in [0, 0.05) is 24.9 Å². The number of ether oxygens (including phenoxy) is 2. The van der Waals surface area contributed by atoms with Gasteiger partial charge >= 0.3 is 5.97 Å². The average molecular weight is 262 g/mol. The largest absolute Gasteiger partial charge is 0.497 e. The average Bonchev–Trinajstić information content (AvgIpc) is 2.80. The van der Waals surface area contributed by atoms with Crippen LogP contribution < -0.4 is 9.47 Å². The summed E-state index contributed by atoms with van der Waals surface area (Å²) >= 11 is 0. The van der Waals surface area contributed by atoms with Gasteiger partial charge in [-0.1, -0.05) is 0 Å². The molecule has 100 valence electrons. The van der Waals surface area contributed by atoms with Crippen molar-refractivity contribution in [3.8, 4) is 22.8 Å². The molecule has 1 heterocycles. The SMILES string of the molecule is COc1ccc(-c2cn(C)c(C(=O)O)n2)c(OC)c1. The van der Waals surface area contributed by atoms with Gasteiger partial charge in [0.2, 0.25) is 5.82 Å². The molecule has 0 aliphatic carbocycles. The molecule has 0 saturated carbocycles. The zero-order chi connectivity index (χ0) is 14.0. The summed E-state index contributed by atoms with van der Waals surface area (Å²) in [7, 11) is 4.74. The molecule has 0 amide bonds. The molecule has 6 nitrogen and oxygen atoms in total. The summed E-state index contributed by atoms with van der Waals surface area (Å²) in [5.74, 6) is 0.151. The van der Waals surface area contributed by atoms with Gasteiger partial charge in [0.1, 0.15) is 11.5 Å². The van der Waals surface area contributed by atoms with Crippen LogP contribution in [0.3, 0.4) is 0 Å². The van der Waals surface area contributed by atoms with Crippen LogP contribution in [0.4, 0.5) is 0 Å². The number of rotatable bonds is 4. The zero-order valence-electron chi connectivity index (χ0n) is 10.9. The molecule has 0 atom stereocenters. The van der Waals surface area contributed by atoms with Crippen molar-refractivity contribution < 1.29 is 19.4 Å². The van der Waals surface area contributed by atoms with Crippen LogP contribution >= 0.6 is 0 Å². The minimum Gasteiger partial charge on any atom is -0.497 e. The first-order valence-electron chi connectivity index (χ1n) is 5.56. The monoisotopic (exact) mass is 262 g/mol. The van der Waals surface area contributed by atoms with Crippen molar-refractivity contribution in [2.24, 2.45) is 7.05 Å². The van der Waals surface area contributed by atoms with Gasteiger partial charge in [0.25, 0.3) is 0 Å². The Morgan fingerprint density at radius 3 is 2.58 bits per heavy atom. The predicted molar refractivity (Wildman–Crippen MR) is 68.7 cm³/mol. The summed E-state index contributed by atoms with van der Waals surface area (Å²) < 4.78 is 11.8. The Kier molecular flexibility index (Phi) is 3.41. The van der Waals surface area contributed by atoms with E-state index in [9.17, 15) is 4.79 Å². The van der Waals surface area contributed by atoms with E-state index >= 15 is 0 Å². The predicted octanol–water partition coefficient (Wildman–Crippen LogP) is 1.80. The highest BCUT2D eigenvalue weighted by molar-refractivity contribution is 5.85. The molecule has 0 fully saturated rings. The summed E-state index contributed by atoms with van der Waals surface area (Å²) in [5, 5.41) is 9.00. The minimum atomic E-state index is -1.07. The second-order valence-corrected chi connectivity index (χ2v) is 3.93. The van der Waals surface area contributed by atoms with E-state index < -0.39 is 5.97 Å². The molecular weight excluding hydrogens is 248 g/mol. The second-order valence-electron chi connectivity index (χ2n) is 3.93. The standard InChI is InChI=1S/C13H14N2O4/c1-15-7-10(14-12(15)13(16)17)9-5-4-8(18-2)6-11(9)19-3/h4-7H,1-3H3,(H,16,17). The van der Waals surface area contributed by atoms with Crippen molar-refractivity contribution >= 4 is 5.97 Å². The van der Waals surface area contributed by atoms with E-state index in [4.69, 9.17) is 14.6 Å². The lowest BCUT2D eigenvalue weighted by Crippen LogP contribution is -2.05. The van der Waals surface area contributed by atoms with Crippen LogP contribution in [-0.4, -0.2) is 34.8 Å². The molecule has 0 spiro atoms. The van der Waals surface area contributed by atoms with Crippen LogP contribution in [0, 0.1) is 0 Å². The number of aryl methyl sites for hydroxylation is 1. The van der Waals surface area contributed by atoms with E-state index in [1.54, 1.807) is 45.7 Å². The first-order valence-corrected chi connectivity index (χ1v) is 5.56. The molecular formula is C13H14N2O4. The number of hydrogen-bond donors (Lipinski definition) is 1. The number of aromatic carboxylic acids is 1. The van der Waals surface area contributed by atoms with Crippen LogP contribution in [-0.2, 0) is 7.05 Å². The molecule has 6 heteroatoms. The highest BCUT2D eigenvalue weighted by Crippen LogP contribution is 2.32. The number of carboxylic acids is 1. The number of aromatic nitrogens is 2. The molecule has 0 radical (unpaired) electrons. The van der Waals surface area contributed by atoms with Gasteiger partial charge in [0.05, 0.1) is 19.9 Å². The van der Waals surface area contributed by atoms with Crippen LogP contribution in [0.5, 0.6) is 11.5 Å². The van der Waals surface area contributed by atoms with Crippen LogP contribution in [0.15, 0.2) is 24.4 Å². The molecule has 0 saturated heterocycles. The summed E-state index contributed by atoms with van der Waals surface area (Å²) in [6, 6.07) is 5.28. The quantitative estimate of drug-likeness (QED) is 0.909. The number of nitrogens with zero attached hydrogens (tertiary/aromatic N) is 2. The molecule has 1 aromatic carbocycles. The van der Waals surface area contributed by atoms with Crippen molar-refractivity contribution in [1.29, 1.82) is 0 Å². The molecule has 1 N–H and O–H groups in total. The summed E-state index contributed by atoms with van der Waals surface area (Å²) in [4.78, 5) is 15.1. The number of carboxylic acid groups (broad SMARTS) is 1. The summed E-state index contributed by atoms with van der Waals surface area (Å²) in [6.45, 7) is 0. The lowest BCUT2D eigenvalue weighted by Gasteiger charge is -2.08. The van der Waals surface area contributed by atoms with E-state index in [-0.39, 0.29) is 5.82 Å². The molecule has 2 aromatic rings. The topological polar surface area (TPSA) is 73.6 Å². The maximum atomic E-state index is 11.0. The first-order chi connectivity index (χ1) is 9.06. The fraction of sp³-hybridized carbons (Fsp3) is 0.231. The molecule has 0 aliphatic heterocycles. The molecule has 0 bridgehead atoms. The highest BCUT2D eigenvalue weighted by atomic mass is 16.5. The highest BCUT2D eigenvalue weighted by Gasteiger charge is 2.16. The number of hydrogen-bond acceptors (Lipinski definition) is 4. The van der Waals surface area contributed by atoms with Crippen molar-refractivity contribution in [3.05, 3.63) is 30.2 Å². The summed E-state index contributed by atoms with van der Waals surface area (Å²) in [5.41, 5.74) is 1.26. The lowest BCUT2D eigenvalue weighted by atomic mass is 10.1. The molecule has 19 heavy (non-hydrogen) atoms. The van der Waals surface area contributed by atoms with E-state index in [0.29, 0.717) is 22.8 Å². The third-order valence-corrected chi connectivity index (χ3v) is 2.75. The number of benzene rings is 1. The normalized spacial score (nSPS) is 10.3. The molecule has 0 unspecified atom stereocenters. The van der Waals surface area contributed by atoms with Crippen LogP contribution in [0.1, 0.15) is 10.6 Å². The molecule has 2 rings (SSSR count). The second kappa shape index (κ2) is 5.01. The van der Waals surface area contributed by atoms with Gasteiger partial charge in [-0.3, -0.25) is 0 Å². The van der Waals surface area contributed by atoms with Crippen molar-refractivity contribution in [1.82, 2.24) is 9.55 Å². The fourth-order valence-corrected chi connectivity index (χ4v) is 1.80. The van der Waals surface area contributed by atoms with Gasteiger partial charge in [-0.25, -0.2) is 9.78 Å².